The van der Waals surface area contributed by atoms with Crippen LogP contribution in [-0.2, 0) is 0 Å². The molecule has 2 nitrogen and oxygen atoms in total. The molecular formula is C10H15ClN2. The molecule has 0 bridgehead atoms. The third-order valence-electron chi connectivity index (χ3n) is 2.05. The van der Waals surface area contributed by atoms with Crippen molar-refractivity contribution in [2.24, 2.45) is 5.73 Å². The van der Waals surface area contributed by atoms with Gasteiger partial charge in [0.05, 0.1) is 0 Å². The summed E-state index contributed by atoms with van der Waals surface area (Å²) in [5.41, 5.74) is 13.4. The van der Waals surface area contributed by atoms with Crippen molar-refractivity contribution in [2.75, 3.05) is 5.73 Å². The van der Waals surface area contributed by atoms with Crippen LogP contribution in [0.3, 0.4) is 0 Å². The van der Waals surface area contributed by atoms with E-state index in [1.54, 1.807) is 12.1 Å². The summed E-state index contributed by atoms with van der Waals surface area (Å²) in [6.45, 7) is 2.10. The third-order valence-corrected chi connectivity index (χ3v) is 2.28. The van der Waals surface area contributed by atoms with Crippen molar-refractivity contribution in [3.05, 3.63) is 28.8 Å². The molecule has 0 saturated carbocycles. The van der Waals surface area contributed by atoms with Crippen molar-refractivity contribution in [1.29, 1.82) is 0 Å². The van der Waals surface area contributed by atoms with Crippen LogP contribution in [0, 0.1) is 0 Å². The van der Waals surface area contributed by atoms with Gasteiger partial charge in [0.15, 0.2) is 0 Å². The molecule has 1 rings (SSSR count). The van der Waals surface area contributed by atoms with Crippen LogP contribution in [0.5, 0.6) is 0 Å². The van der Waals surface area contributed by atoms with E-state index in [2.05, 4.69) is 6.92 Å². The first-order chi connectivity index (χ1) is 6.15. The van der Waals surface area contributed by atoms with Crippen molar-refractivity contribution >= 4 is 17.3 Å². The Balaban J connectivity index is 2.91. The van der Waals surface area contributed by atoms with Gasteiger partial charge in [0.25, 0.3) is 0 Å². The Morgan fingerprint density at radius 1 is 1.46 bits per heavy atom. The second kappa shape index (κ2) is 4.49. The van der Waals surface area contributed by atoms with Crippen LogP contribution in [0.1, 0.15) is 31.4 Å². The first kappa shape index (κ1) is 10.4. The molecule has 0 heterocycles. The summed E-state index contributed by atoms with van der Waals surface area (Å²) in [6, 6.07) is 5.42. The lowest BCUT2D eigenvalue weighted by atomic mass is 10.0. The van der Waals surface area contributed by atoms with E-state index in [1.165, 1.54) is 0 Å². The fourth-order valence-electron chi connectivity index (χ4n) is 1.33. The maximum Gasteiger partial charge on any atom is 0.0410 e. The number of hydrogen-bond donors (Lipinski definition) is 2. The first-order valence-corrected chi connectivity index (χ1v) is 4.83. The molecule has 0 aliphatic heterocycles. The van der Waals surface area contributed by atoms with E-state index in [1.807, 2.05) is 6.07 Å². The van der Waals surface area contributed by atoms with E-state index < -0.39 is 0 Å². The highest BCUT2D eigenvalue weighted by Gasteiger charge is 2.08. The highest BCUT2D eigenvalue weighted by molar-refractivity contribution is 6.30. The normalized spacial score (nSPS) is 12.8. The Morgan fingerprint density at radius 2 is 2.15 bits per heavy atom. The van der Waals surface area contributed by atoms with Gasteiger partial charge in [0.2, 0.25) is 0 Å². The van der Waals surface area contributed by atoms with Crippen molar-refractivity contribution in [2.45, 2.75) is 25.8 Å². The number of nitrogens with two attached hydrogens (primary N) is 2. The predicted molar refractivity (Wildman–Crippen MR) is 57.7 cm³/mol. The lowest BCUT2D eigenvalue weighted by Crippen LogP contribution is -2.11. The summed E-state index contributed by atoms with van der Waals surface area (Å²) in [6.07, 6.45) is 1.98. The van der Waals surface area contributed by atoms with Crippen molar-refractivity contribution in [1.82, 2.24) is 0 Å². The van der Waals surface area contributed by atoms with Crippen molar-refractivity contribution < 1.29 is 0 Å². The van der Waals surface area contributed by atoms with Crippen LogP contribution in [0.4, 0.5) is 5.69 Å². The number of hydrogen-bond acceptors (Lipinski definition) is 2. The van der Waals surface area contributed by atoms with Crippen LogP contribution in [-0.4, -0.2) is 0 Å². The van der Waals surface area contributed by atoms with Crippen LogP contribution in [0.25, 0.3) is 0 Å². The molecule has 0 spiro atoms. The van der Waals surface area contributed by atoms with Gasteiger partial charge in [-0.05, 0) is 30.2 Å². The van der Waals surface area contributed by atoms with E-state index in [0.29, 0.717) is 5.02 Å². The van der Waals surface area contributed by atoms with Crippen molar-refractivity contribution in [3.63, 3.8) is 0 Å². The molecular weight excluding hydrogens is 184 g/mol. The zero-order valence-corrected chi connectivity index (χ0v) is 8.51. The van der Waals surface area contributed by atoms with E-state index in [9.17, 15) is 0 Å². The van der Waals surface area contributed by atoms with Gasteiger partial charge in [-0.3, -0.25) is 0 Å². The Morgan fingerprint density at radius 3 is 2.77 bits per heavy atom. The Labute approximate surface area is 83.9 Å². The maximum absolute atomic E-state index is 5.94. The van der Waals surface area contributed by atoms with Crippen molar-refractivity contribution in [3.8, 4) is 0 Å². The lowest BCUT2D eigenvalue weighted by molar-refractivity contribution is 0.640. The highest BCUT2D eigenvalue weighted by Crippen LogP contribution is 2.25. The number of halogens is 1. The molecule has 1 aromatic rings. The van der Waals surface area contributed by atoms with Crippen LogP contribution >= 0.6 is 11.6 Å². The summed E-state index contributed by atoms with van der Waals surface area (Å²) >= 11 is 5.85. The molecule has 1 atom stereocenters. The zero-order valence-electron chi connectivity index (χ0n) is 7.76. The fraction of sp³-hybridized carbons (Fsp3) is 0.400. The van der Waals surface area contributed by atoms with E-state index in [0.717, 1.165) is 24.1 Å². The zero-order chi connectivity index (χ0) is 9.84. The molecule has 13 heavy (non-hydrogen) atoms. The van der Waals surface area contributed by atoms with Gasteiger partial charge in [-0.1, -0.05) is 24.9 Å². The second-order valence-corrected chi connectivity index (χ2v) is 3.60. The number of anilines is 1. The molecule has 0 unspecified atom stereocenters. The minimum atomic E-state index is 0.00343. The monoisotopic (exact) mass is 198 g/mol. The smallest absolute Gasteiger partial charge is 0.0410 e. The Kier molecular flexibility index (Phi) is 3.58. The quantitative estimate of drug-likeness (QED) is 0.734. The standard InChI is InChI=1S/C10H15ClN2/c1-2-3-9(12)8-6-7(11)4-5-10(8)13/h4-6,9H,2-3,12-13H2,1H3/t9-/m0/s1. The number of nitrogen functional groups attached to an aromatic ring is 1. The average Bonchev–Trinajstić information content (AvgIpc) is 2.09. The Hall–Kier alpha value is -0.730. The van der Waals surface area contributed by atoms with Gasteiger partial charge in [-0.25, -0.2) is 0 Å². The van der Waals surface area contributed by atoms with Gasteiger partial charge in [0.1, 0.15) is 0 Å². The van der Waals surface area contributed by atoms with Gasteiger partial charge < -0.3 is 11.5 Å². The molecule has 0 fully saturated rings. The topological polar surface area (TPSA) is 52.0 Å². The molecule has 4 N–H and O–H groups in total. The van der Waals surface area contributed by atoms with Gasteiger partial charge in [-0.15, -0.1) is 0 Å². The summed E-state index contributed by atoms with van der Waals surface area (Å²) in [5.74, 6) is 0. The molecule has 72 valence electrons. The molecule has 0 aliphatic rings. The molecule has 0 aromatic heterocycles. The number of benzene rings is 1. The lowest BCUT2D eigenvalue weighted by Gasteiger charge is -2.13. The molecule has 1 aromatic carbocycles. The van der Waals surface area contributed by atoms with Gasteiger partial charge in [-0.2, -0.15) is 0 Å². The van der Waals surface area contributed by atoms with E-state index in [-0.39, 0.29) is 6.04 Å². The largest absolute Gasteiger partial charge is 0.398 e. The summed E-state index contributed by atoms with van der Waals surface area (Å²) in [7, 11) is 0. The third kappa shape index (κ3) is 2.61. The minimum absolute atomic E-state index is 0.00343. The molecule has 0 amide bonds. The summed E-state index contributed by atoms with van der Waals surface area (Å²) in [5, 5.41) is 0.691. The van der Waals surface area contributed by atoms with Crippen LogP contribution in [0.2, 0.25) is 5.02 Å². The number of rotatable bonds is 3. The van der Waals surface area contributed by atoms with Gasteiger partial charge >= 0.3 is 0 Å². The molecule has 0 aliphatic carbocycles. The van der Waals surface area contributed by atoms with E-state index >= 15 is 0 Å². The molecule has 0 radical (unpaired) electrons. The van der Waals surface area contributed by atoms with Gasteiger partial charge in [0, 0.05) is 16.8 Å². The maximum atomic E-state index is 5.94. The highest BCUT2D eigenvalue weighted by atomic mass is 35.5. The average molecular weight is 199 g/mol. The fourth-order valence-corrected chi connectivity index (χ4v) is 1.51. The summed E-state index contributed by atoms with van der Waals surface area (Å²) in [4.78, 5) is 0. The summed E-state index contributed by atoms with van der Waals surface area (Å²) < 4.78 is 0. The second-order valence-electron chi connectivity index (χ2n) is 3.17. The molecule has 0 saturated heterocycles. The first-order valence-electron chi connectivity index (χ1n) is 4.45. The molecule has 3 heteroatoms. The van der Waals surface area contributed by atoms with Crippen LogP contribution in [0.15, 0.2) is 18.2 Å². The predicted octanol–water partition coefficient (Wildman–Crippen LogP) is 2.72. The Bertz CT molecular complexity index is 286. The SMILES string of the molecule is CCC[C@H](N)c1cc(Cl)ccc1N. The minimum Gasteiger partial charge on any atom is -0.398 e. The van der Waals surface area contributed by atoms with Crippen LogP contribution < -0.4 is 11.5 Å². The van der Waals surface area contributed by atoms with E-state index in [4.69, 9.17) is 23.1 Å².